The van der Waals surface area contributed by atoms with Gasteiger partial charge in [-0.25, -0.2) is 15.0 Å². The van der Waals surface area contributed by atoms with Crippen molar-refractivity contribution >= 4 is 5.91 Å². The van der Waals surface area contributed by atoms with Gasteiger partial charge in [-0.15, -0.1) is 0 Å². The third-order valence-corrected chi connectivity index (χ3v) is 6.15. The molecular formula is C23H23F3N6O. The Morgan fingerprint density at radius 1 is 1.12 bits per heavy atom. The van der Waals surface area contributed by atoms with E-state index in [9.17, 15) is 18.0 Å². The molecule has 0 bridgehead atoms. The lowest BCUT2D eigenvalue weighted by atomic mass is 10.0. The van der Waals surface area contributed by atoms with E-state index in [0.717, 1.165) is 31.7 Å². The second-order valence-electron chi connectivity index (χ2n) is 8.77. The van der Waals surface area contributed by atoms with E-state index in [1.807, 2.05) is 0 Å². The normalized spacial score (nSPS) is 17.1. The molecule has 172 valence electrons. The lowest BCUT2D eigenvalue weighted by molar-refractivity contribution is -0.137. The van der Waals surface area contributed by atoms with Crippen molar-refractivity contribution in [1.29, 1.82) is 0 Å². The summed E-state index contributed by atoms with van der Waals surface area (Å²) in [5.74, 6) is 0.738. The lowest BCUT2D eigenvalue weighted by Gasteiger charge is -2.29. The van der Waals surface area contributed by atoms with E-state index < -0.39 is 23.7 Å². The predicted octanol–water partition coefficient (Wildman–Crippen LogP) is 4.57. The summed E-state index contributed by atoms with van der Waals surface area (Å²) in [6.07, 6.45) is 3.66. The molecule has 7 nitrogen and oxygen atoms in total. The highest BCUT2D eigenvalue weighted by atomic mass is 19.4. The number of carbonyl (C=O) groups excluding carboxylic acids is 1. The monoisotopic (exact) mass is 456 g/mol. The Bertz CT molecular complexity index is 1150. The average molecular weight is 456 g/mol. The van der Waals surface area contributed by atoms with Gasteiger partial charge in [0.15, 0.2) is 5.82 Å². The first kappa shape index (κ1) is 21.5. The van der Waals surface area contributed by atoms with E-state index in [1.54, 1.807) is 36.4 Å². The van der Waals surface area contributed by atoms with E-state index in [4.69, 9.17) is 0 Å². The summed E-state index contributed by atoms with van der Waals surface area (Å²) < 4.78 is 42.2. The Hall–Kier alpha value is -3.30. The molecule has 2 heterocycles. The van der Waals surface area contributed by atoms with Crippen LogP contribution in [0.2, 0.25) is 0 Å². The molecule has 0 aliphatic heterocycles. The van der Waals surface area contributed by atoms with Gasteiger partial charge in [0.2, 0.25) is 0 Å². The summed E-state index contributed by atoms with van der Waals surface area (Å²) in [5.41, 5.74) is -0.149. The van der Waals surface area contributed by atoms with Gasteiger partial charge >= 0.3 is 6.18 Å². The smallest absolute Gasteiger partial charge is 0.328 e. The van der Waals surface area contributed by atoms with Gasteiger partial charge in [-0.05, 0) is 74.3 Å². The summed E-state index contributed by atoms with van der Waals surface area (Å²) in [4.78, 5) is 28.0. The number of hydrogen-bond acceptors (Lipinski definition) is 5. The van der Waals surface area contributed by atoms with Crippen LogP contribution in [0.3, 0.4) is 0 Å². The first-order valence-electron chi connectivity index (χ1n) is 11.0. The van der Waals surface area contributed by atoms with Crippen LogP contribution in [0.5, 0.6) is 0 Å². The summed E-state index contributed by atoms with van der Waals surface area (Å²) >= 11 is 0. The Morgan fingerprint density at radius 3 is 2.48 bits per heavy atom. The van der Waals surface area contributed by atoms with Crippen molar-refractivity contribution in [3.63, 3.8) is 0 Å². The van der Waals surface area contributed by atoms with Crippen molar-refractivity contribution in [2.24, 2.45) is 5.92 Å². The molecule has 1 atom stereocenters. The van der Waals surface area contributed by atoms with Gasteiger partial charge in [0.1, 0.15) is 6.33 Å². The van der Waals surface area contributed by atoms with E-state index >= 15 is 0 Å². The molecule has 2 aliphatic carbocycles. The molecule has 2 saturated carbocycles. The number of rotatable bonds is 7. The molecule has 3 aromatic rings. The van der Waals surface area contributed by atoms with Crippen molar-refractivity contribution in [1.82, 2.24) is 29.6 Å². The maximum atomic E-state index is 13.6. The van der Waals surface area contributed by atoms with Crippen LogP contribution in [-0.2, 0) is 6.18 Å². The van der Waals surface area contributed by atoms with Crippen LogP contribution in [-0.4, -0.2) is 42.1 Å². The van der Waals surface area contributed by atoms with Gasteiger partial charge in [-0.1, -0.05) is 0 Å². The van der Waals surface area contributed by atoms with Gasteiger partial charge in [-0.2, -0.15) is 23.0 Å². The fourth-order valence-corrected chi connectivity index (χ4v) is 3.98. The second-order valence-corrected chi connectivity index (χ2v) is 8.77. The van der Waals surface area contributed by atoms with Crippen molar-refractivity contribution in [3.05, 3.63) is 65.5 Å². The van der Waals surface area contributed by atoms with Crippen LogP contribution >= 0.6 is 0 Å². The Morgan fingerprint density at radius 2 is 1.85 bits per heavy atom. The molecule has 0 spiro atoms. The molecule has 5 rings (SSSR count). The van der Waals surface area contributed by atoms with Crippen LogP contribution < -0.4 is 0 Å². The number of alkyl halides is 3. The average Bonchev–Trinajstić information content (AvgIpc) is 3.74. The summed E-state index contributed by atoms with van der Waals surface area (Å²) in [5, 5.41) is 4.20. The maximum Gasteiger partial charge on any atom is 0.416 e. The number of benzene rings is 1. The Labute approximate surface area is 188 Å². The highest BCUT2D eigenvalue weighted by molar-refractivity contribution is 5.95. The molecule has 2 aromatic heterocycles. The standard InChI is InChI=1S/C23H23F3N6O/c1-14(20-29-13-30-32(20)22-27-7-2-8-28-22)31(12-15-3-4-15)21(33)18-9-17(16-5-6-16)10-19(11-18)23(24,25)26/h2,7-11,13-16H,3-6,12H2,1H3/t14-/m0/s1. The minimum atomic E-state index is -4.52. The Balaban J connectivity index is 1.51. The van der Waals surface area contributed by atoms with Crippen LogP contribution in [0.4, 0.5) is 13.2 Å². The molecule has 0 radical (unpaired) electrons. The molecule has 2 aliphatic rings. The maximum absolute atomic E-state index is 13.6. The molecule has 10 heteroatoms. The molecule has 0 unspecified atom stereocenters. The molecule has 0 saturated heterocycles. The molecule has 0 N–H and O–H groups in total. The predicted molar refractivity (Wildman–Crippen MR) is 113 cm³/mol. The minimum absolute atomic E-state index is 0.0567. The van der Waals surface area contributed by atoms with Crippen molar-refractivity contribution in [2.45, 2.75) is 50.7 Å². The van der Waals surface area contributed by atoms with Gasteiger partial charge < -0.3 is 4.90 Å². The Kier molecular flexibility index (Phi) is 5.38. The van der Waals surface area contributed by atoms with Crippen molar-refractivity contribution in [2.75, 3.05) is 6.54 Å². The summed E-state index contributed by atoms with van der Waals surface area (Å²) in [6.45, 7) is 2.25. The number of carbonyl (C=O) groups is 1. The van der Waals surface area contributed by atoms with Crippen molar-refractivity contribution in [3.8, 4) is 5.95 Å². The summed E-state index contributed by atoms with van der Waals surface area (Å²) in [7, 11) is 0. The van der Waals surface area contributed by atoms with E-state index in [1.165, 1.54) is 17.1 Å². The van der Waals surface area contributed by atoms with E-state index in [0.29, 0.717) is 29.8 Å². The number of nitrogens with zero attached hydrogens (tertiary/aromatic N) is 6. The minimum Gasteiger partial charge on any atom is -0.328 e. The third kappa shape index (κ3) is 4.60. The fourth-order valence-electron chi connectivity index (χ4n) is 3.98. The van der Waals surface area contributed by atoms with Gasteiger partial charge in [-0.3, -0.25) is 4.79 Å². The fraction of sp³-hybridized carbons (Fsp3) is 0.435. The van der Waals surface area contributed by atoms with Crippen molar-refractivity contribution < 1.29 is 18.0 Å². The van der Waals surface area contributed by atoms with Gasteiger partial charge in [0, 0.05) is 24.5 Å². The second kappa shape index (κ2) is 8.24. The first-order chi connectivity index (χ1) is 15.8. The number of aromatic nitrogens is 5. The first-order valence-corrected chi connectivity index (χ1v) is 11.0. The van der Waals surface area contributed by atoms with Crippen LogP contribution in [0, 0.1) is 5.92 Å². The topological polar surface area (TPSA) is 76.8 Å². The molecule has 1 amide bonds. The molecule has 33 heavy (non-hydrogen) atoms. The van der Waals surface area contributed by atoms with Crippen LogP contribution in [0.1, 0.15) is 71.9 Å². The third-order valence-electron chi connectivity index (χ3n) is 6.15. The van der Waals surface area contributed by atoms with Crippen LogP contribution in [0.25, 0.3) is 5.95 Å². The quantitative estimate of drug-likeness (QED) is 0.521. The lowest BCUT2D eigenvalue weighted by Crippen LogP contribution is -2.37. The SMILES string of the molecule is C[C@@H](c1ncnn1-c1ncccn1)N(CC1CC1)C(=O)c1cc(C2CC2)cc(C(F)(F)F)c1. The largest absolute Gasteiger partial charge is 0.416 e. The van der Waals surface area contributed by atoms with Gasteiger partial charge in [0.25, 0.3) is 11.9 Å². The number of amides is 1. The molecule has 2 fully saturated rings. The van der Waals surface area contributed by atoms with E-state index in [2.05, 4.69) is 20.1 Å². The molecule has 1 aromatic carbocycles. The number of hydrogen-bond donors (Lipinski definition) is 0. The summed E-state index contributed by atoms with van der Waals surface area (Å²) in [6, 6.07) is 4.89. The highest BCUT2D eigenvalue weighted by Gasteiger charge is 2.37. The molecular weight excluding hydrogens is 433 g/mol. The zero-order chi connectivity index (χ0) is 23.2. The highest BCUT2D eigenvalue weighted by Crippen LogP contribution is 2.43. The zero-order valence-electron chi connectivity index (χ0n) is 18.0. The zero-order valence-corrected chi connectivity index (χ0v) is 18.0. The van der Waals surface area contributed by atoms with Crippen LogP contribution in [0.15, 0.2) is 43.0 Å². The number of halogens is 3. The van der Waals surface area contributed by atoms with E-state index in [-0.39, 0.29) is 11.5 Å². The van der Waals surface area contributed by atoms with Gasteiger partial charge in [0.05, 0.1) is 11.6 Å².